The number of carbonyl (C=O) groups is 2. The maximum absolute atomic E-state index is 13.3. The van der Waals surface area contributed by atoms with Gasteiger partial charge in [0.2, 0.25) is 5.91 Å². The Morgan fingerprint density at radius 2 is 1.82 bits per heavy atom. The summed E-state index contributed by atoms with van der Waals surface area (Å²) in [5.41, 5.74) is 0.395. The summed E-state index contributed by atoms with van der Waals surface area (Å²) in [6, 6.07) is 12.1. The zero-order valence-electron chi connectivity index (χ0n) is 19.1. The lowest BCUT2D eigenvalue weighted by Gasteiger charge is -2.35. The highest BCUT2D eigenvalue weighted by molar-refractivity contribution is 8.04. The zero-order chi connectivity index (χ0) is 24.5. The van der Waals surface area contributed by atoms with Crippen LogP contribution in [0.3, 0.4) is 0 Å². The Morgan fingerprint density at radius 1 is 1.12 bits per heavy atom. The molecule has 1 aliphatic heterocycles. The summed E-state index contributed by atoms with van der Waals surface area (Å²) < 4.78 is 38.6. The van der Waals surface area contributed by atoms with Crippen molar-refractivity contribution in [1.82, 2.24) is 5.32 Å². The average molecular weight is 489 g/mol. The van der Waals surface area contributed by atoms with Crippen molar-refractivity contribution in [2.24, 2.45) is 11.8 Å². The third-order valence-corrected chi connectivity index (χ3v) is 7.80. The van der Waals surface area contributed by atoms with Crippen LogP contribution in [0.1, 0.15) is 44.2 Å². The molecule has 1 saturated carbocycles. The number of anilines is 1. The minimum Gasteiger partial charge on any atom is -0.352 e. The number of hydrogen-bond acceptors (Lipinski definition) is 3. The largest absolute Gasteiger partial charge is 0.416 e. The second-order valence-electron chi connectivity index (χ2n) is 9.03. The number of hydrogen-bond donors (Lipinski definition) is 1. The number of amides is 2. The van der Waals surface area contributed by atoms with Gasteiger partial charge in [-0.05, 0) is 54.2 Å². The Hall–Kier alpha value is -2.74. The second kappa shape index (κ2) is 9.86. The van der Waals surface area contributed by atoms with Gasteiger partial charge < -0.3 is 5.32 Å². The van der Waals surface area contributed by atoms with Gasteiger partial charge in [0.1, 0.15) is 6.54 Å². The lowest BCUT2D eigenvalue weighted by Crippen LogP contribution is -2.49. The van der Waals surface area contributed by atoms with Crippen molar-refractivity contribution in [2.45, 2.75) is 50.2 Å². The molecule has 1 aliphatic carbocycles. The van der Waals surface area contributed by atoms with E-state index in [1.165, 1.54) is 28.8 Å². The first-order chi connectivity index (χ1) is 16.1. The second-order valence-corrected chi connectivity index (χ2v) is 10.1. The van der Waals surface area contributed by atoms with E-state index in [0.717, 1.165) is 36.3 Å². The lowest BCUT2D eigenvalue weighted by molar-refractivity contribution is -0.137. The van der Waals surface area contributed by atoms with Gasteiger partial charge in [-0.3, -0.25) is 14.5 Å². The first-order valence-electron chi connectivity index (χ1n) is 11.4. The van der Waals surface area contributed by atoms with Gasteiger partial charge in [0, 0.05) is 10.9 Å². The predicted molar refractivity (Wildman–Crippen MR) is 128 cm³/mol. The average Bonchev–Trinajstić information content (AvgIpc) is 2.79. The number of para-hydroxylation sites is 1. The Morgan fingerprint density at radius 3 is 2.53 bits per heavy atom. The van der Waals surface area contributed by atoms with Gasteiger partial charge in [-0.15, -0.1) is 0 Å². The molecule has 0 bridgehead atoms. The molecule has 1 fully saturated rings. The fourth-order valence-corrected chi connectivity index (χ4v) is 5.58. The van der Waals surface area contributed by atoms with Gasteiger partial charge in [-0.2, -0.15) is 13.2 Å². The molecule has 4 nitrogen and oxygen atoms in total. The quantitative estimate of drug-likeness (QED) is 0.527. The van der Waals surface area contributed by atoms with E-state index < -0.39 is 11.7 Å². The molecular formula is C26H27F3N2O2S. The first-order valence-corrected chi connectivity index (χ1v) is 12.2. The van der Waals surface area contributed by atoms with Crippen molar-refractivity contribution in [3.05, 3.63) is 64.6 Å². The van der Waals surface area contributed by atoms with Crippen molar-refractivity contribution in [3.8, 4) is 0 Å². The summed E-state index contributed by atoms with van der Waals surface area (Å²) in [4.78, 5) is 28.9. The SMILES string of the molecule is C[C@@H]1[C@H](C)CCC[C@H]1NC(=O)CN1C(=O)/C(=C\c2ccc(C(F)(F)F)cc2)Sc2ccccc21. The summed E-state index contributed by atoms with van der Waals surface area (Å²) in [5.74, 6) is 0.345. The molecule has 2 aromatic rings. The van der Waals surface area contributed by atoms with Gasteiger partial charge >= 0.3 is 6.18 Å². The van der Waals surface area contributed by atoms with Crippen molar-refractivity contribution >= 4 is 35.3 Å². The van der Waals surface area contributed by atoms with Gasteiger partial charge in [0.15, 0.2) is 0 Å². The topological polar surface area (TPSA) is 49.4 Å². The van der Waals surface area contributed by atoms with E-state index >= 15 is 0 Å². The number of alkyl halides is 3. The lowest BCUT2D eigenvalue weighted by atomic mass is 9.78. The molecule has 2 amide bonds. The molecule has 8 heteroatoms. The molecule has 34 heavy (non-hydrogen) atoms. The number of benzene rings is 2. The molecule has 2 aliphatic rings. The van der Waals surface area contributed by atoms with Crippen molar-refractivity contribution in [3.63, 3.8) is 0 Å². The molecule has 4 rings (SSSR count). The zero-order valence-corrected chi connectivity index (χ0v) is 19.9. The van der Waals surface area contributed by atoms with E-state index in [9.17, 15) is 22.8 Å². The van der Waals surface area contributed by atoms with Crippen molar-refractivity contribution in [2.75, 3.05) is 11.4 Å². The Labute approximate surface area is 201 Å². The van der Waals surface area contributed by atoms with Crippen molar-refractivity contribution in [1.29, 1.82) is 0 Å². The standard InChI is InChI=1S/C26H27F3N2O2S/c1-16-6-5-7-20(17(16)2)30-24(32)15-31-21-8-3-4-9-22(21)34-23(25(31)33)14-18-10-12-19(13-11-18)26(27,28)29/h3-4,8-14,16-17,20H,5-7,15H2,1-2H3,(H,30,32)/b23-14+/t16-,17-,20-/m1/s1. The van der Waals surface area contributed by atoms with E-state index in [-0.39, 0.29) is 24.4 Å². The molecule has 2 aromatic carbocycles. The van der Waals surface area contributed by atoms with Gasteiger partial charge in [0.05, 0.1) is 16.2 Å². The van der Waals surface area contributed by atoms with E-state index in [0.29, 0.717) is 28.0 Å². The number of thioether (sulfide) groups is 1. The van der Waals surface area contributed by atoms with Crippen LogP contribution >= 0.6 is 11.8 Å². The predicted octanol–water partition coefficient (Wildman–Crippen LogP) is 6.13. The van der Waals surface area contributed by atoms with Gasteiger partial charge in [0.25, 0.3) is 5.91 Å². The molecule has 180 valence electrons. The summed E-state index contributed by atoms with van der Waals surface area (Å²) in [5, 5.41) is 3.12. The van der Waals surface area contributed by atoms with Crippen LogP contribution in [0.2, 0.25) is 0 Å². The van der Waals surface area contributed by atoms with E-state index in [4.69, 9.17) is 0 Å². The minimum atomic E-state index is -4.42. The van der Waals surface area contributed by atoms with E-state index in [1.807, 2.05) is 18.2 Å². The van der Waals surface area contributed by atoms with Gasteiger partial charge in [-0.25, -0.2) is 0 Å². The Bertz CT molecular complexity index is 1100. The molecular weight excluding hydrogens is 461 g/mol. The molecule has 0 unspecified atom stereocenters. The number of rotatable bonds is 4. The van der Waals surface area contributed by atoms with Crippen LogP contribution < -0.4 is 10.2 Å². The highest BCUT2D eigenvalue weighted by Gasteiger charge is 2.33. The first kappa shape index (κ1) is 24.4. The van der Waals surface area contributed by atoms with Crippen LogP contribution in [-0.2, 0) is 15.8 Å². The van der Waals surface area contributed by atoms with Crippen LogP contribution in [-0.4, -0.2) is 24.4 Å². The summed E-state index contributed by atoms with van der Waals surface area (Å²) >= 11 is 1.25. The van der Waals surface area contributed by atoms with E-state index in [2.05, 4.69) is 19.2 Å². The molecule has 0 spiro atoms. The number of carbonyl (C=O) groups excluding carboxylic acids is 2. The third kappa shape index (κ3) is 5.32. The third-order valence-electron chi connectivity index (χ3n) is 6.72. The van der Waals surface area contributed by atoms with Crippen molar-refractivity contribution < 1.29 is 22.8 Å². The Kier molecular flexibility index (Phi) is 7.07. The van der Waals surface area contributed by atoms with E-state index in [1.54, 1.807) is 12.1 Å². The Balaban J connectivity index is 1.55. The van der Waals surface area contributed by atoms with Crippen LogP contribution in [0.5, 0.6) is 0 Å². The molecule has 1 N–H and O–H groups in total. The maximum atomic E-state index is 13.3. The van der Waals surface area contributed by atoms with Crippen LogP contribution in [0.15, 0.2) is 58.3 Å². The van der Waals surface area contributed by atoms with Crippen LogP contribution in [0.25, 0.3) is 6.08 Å². The minimum absolute atomic E-state index is 0.0860. The smallest absolute Gasteiger partial charge is 0.352 e. The van der Waals surface area contributed by atoms with Crippen LogP contribution in [0.4, 0.5) is 18.9 Å². The molecule has 3 atom stereocenters. The van der Waals surface area contributed by atoms with Crippen LogP contribution in [0, 0.1) is 11.8 Å². The molecule has 0 aromatic heterocycles. The van der Waals surface area contributed by atoms with Gasteiger partial charge in [-0.1, -0.05) is 62.7 Å². The number of nitrogens with zero attached hydrogens (tertiary/aromatic N) is 1. The molecule has 0 saturated heterocycles. The fraction of sp³-hybridized carbons (Fsp3) is 0.385. The summed E-state index contributed by atoms with van der Waals surface area (Å²) in [7, 11) is 0. The maximum Gasteiger partial charge on any atom is 0.416 e. The number of nitrogens with one attached hydrogen (secondary N) is 1. The molecule has 1 heterocycles. The highest BCUT2D eigenvalue weighted by atomic mass is 32.2. The summed E-state index contributed by atoms with van der Waals surface area (Å²) in [6.45, 7) is 4.24. The molecule has 0 radical (unpaired) electrons. The normalized spacial score (nSPS) is 24.1. The monoisotopic (exact) mass is 488 g/mol. The fourth-order valence-electron chi connectivity index (χ4n) is 4.52. The highest BCUT2D eigenvalue weighted by Crippen LogP contribution is 2.42. The summed E-state index contributed by atoms with van der Waals surface area (Å²) in [6.07, 6.45) is 0.298. The number of halogens is 3. The number of fused-ring (bicyclic) bond motifs is 1.